The van der Waals surface area contributed by atoms with Crippen molar-refractivity contribution in [3.8, 4) is 0 Å². The molecule has 0 bridgehead atoms. The molecule has 0 spiro atoms. The summed E-state index contributed by atoms with van der Waals surface area (Å²) in [7, 11) is 0. The Morgan fingerprint density at radius 3 is 2.75 bits per heavy atom. The van der Waals surface area contributed by atoms with E-state index in [1.807, 2.05) is 0 Å². The lowest BCUT2D eigenvalue weighted by molar-refractivity contribution is -0.00544. The van der Waals surface area contributed by atoms with Crippen LogP contribution in [-0.4, -0.2) is 23.2 Å². The molecule has 5 heteroatoms. The zero-order valence-corrected chi connectivity index (χ0v) is 13.0. The Morgan fingerprint density at radius 1 is 1.50 bits per heavy atom. The maximum atomic E-state index is 13.7. The van der Waals surface area contributed by atoms with Gasteiger partial charge in [0, 0.05) is 11.0 Å². The molecule has 1 aromatic carbocycles. The van der Waals surface area contributed by atoms with Gasteiger partial charge in [-0.25, -0.2) is 4.39 Å². The third-order valence-electron chi connectivity index (χ3n) is 3.97. The molecule has 0 unspecified atom stereocenters. The monoisotopic (exact) mass is 343 g/mol. The van der Waals surface area contributed by atoms with Crippen LogP contribution in [0.25, 0.3) is 0 Å². The van der Waals surface area contributed by atoms with Gasteiger partial charge in [0.05, 0.1) is 11.2 Å². The molecule has 0 atom stereocenters. The Kier molecular flexibility index (Phi) is 4.81. The topological polar surface area (TPSA) is 49.3 Å². The lowest BCUT2D eigenvalue weighted by Crippen LogP contribution is -2.45. The normalized spacial score (nSPS) is 26.3. The molecule has 0 aliphatic heterocycles. The summed E-state index contributed by atoms with van der Waals surface area (Å²) in [6.07, 6.45) is 3.26. The number of hydrogen-bond donors (Lipinski definition) is 2. The Bertz CT molecular complexity index is 478. The van der Waals surface area contributed by atoms with Crippen LogP contribution in [0.2, 0.25) is 0 Å². The number of nitrogens with one attached hydrogen (secondary N) is 1. The molecule has 110 valence electrons. The van der Waals surface area contributed by atoms with Gasteiger partial charge in [-0.1, -0.05) is 13.0 Å². The van der Waals surface area contributed by atoms with Crippen molar-refractivity contribution >= 4 is 21.8 Å². The van der Waals surface area contributed by atoms with Gasteiger partial charge in [-0.05, 0) is 59.7 Å². The second-order valence-electron chi connectivity index (χ2n) is 5.69. The van der Waals surface area contributed by atoms with Crippen LogP contribution in [0, 0.1) is 11.7 Å². The Balaban J connectivity index is 1.99. The lowest BCUT2D eigenvalue weighted by atomic mass is 9.79. The van der Waals surface area contributed by atoms with E-state index in [0.29, 0.717) is 23.2 Å². The third-order valence-corrected chi connectivity index (χ3v) is 4.63. The van der Waals surface area contributed by atoms with E-state index in [0.717, 1.165) is 12.8 Å². The van der Waals surface area contributed by atoms with Gasteiger partial charge in [-0.15, -0.1) is 0 Å². The first-order chi connectivity index (χ1) is 9.41. The minimum atomic E-state index is -0.861. The predicted octanol–water partition coefficient (Wildman–Crippen LogP) is 3.26. The summed E-state index contributed by atoms with van der Waals surface area (Å²) in [6, 6.07) is 4.40. The van der Waals surface area contributed by atoms with Crippen molar-refractivity contribution in [2.75, 3.05) is 6.54 Å². The van der Waals surface area contributed by atoms with Gasteiger partial charge < -0.3 is 10.4 Å². The molecule has 1 aromatic rings. The maximum Gasteiger partial charge on any atom is 0.255 e. The molecule has 3 nitrogen and oxygen atoms in total. The lowest BCUT2D eigenvalue weighted by Gasteiger charge is -2.35. The van der Waals surface area contributed by atoms with Crippen molar-refractivity contribution in [1.29, 1.82) is 0 Å². The standard InChI is InChI=1S/C15H19BrFNO2/c1-10-5-7-15(20,8-6-10)9-18-14(19)13-11(16)3-2-4-12(13)17/h2-4,10,20H,5-9H2,1H3,(H,18,19). The van der Waals surface area contributed by atoms with E-state index in [-0.39, 0.29) is 12.1 Å². The van der Waals surface area contributed by atoms with Crippen LogP contribution in [-0.2, 0) is 0 Å². The second kappa shape index (κ2) is 6.22. The van der Waals surface area contributed by atoms with Crippen LogP contribution in [0.3, 0.4) is 0 Å². The molecule has 1 fully saturated rings. The number of carbonyl (C=O) groups is 1. The molecule has 0 aromatic heterocycles. The average molecular weight is 344 g/mol. The van der Waals surface area contributed by atoms with Crippen molar-refractivity contribution in [3.63, 3.8) is 0 Å². The molecule has 2 rings (SSSR count). The van der Waals surface area contributed by atoms with Crippen LogP contribution in [0.5, 0.6) is 0 Å². The van der Waals surface area contributed by atoms with E-state index in [4.69, 9.17) is 0 Å². The van der Waals surface area contributed by atoms with Crippen molar-refractivity contribution in [1.82, 2.24) is 5.32 Å². The van der Waals surface area contributed by atoms with E-state index in [1.165, 1.54) is 12.1 Å². The number of hydrogen-bond acceptors (Lipinski definition) is 2. The van der Waals surface area contributed by atoms with Gasteiger partial charge in [0.2, 0.25) is 0 Å². The predicted molar refractivity (Wildman–Crippen MR) is 79.0 cm³/mol. The SMILES string of the molecule is CC1CCC(O)(CNC(=O)c2c(F)cccc2Br)CC1. The zero-order chi connectivity index (χ0) is 14.8. The number of carbonyl (C=O) groups excluding carboxylic acids is 1. The first kappa shape index (κ1) is 15.4. The summed E-state index contributed by atoms with van der Waals surface area (Å²) in [6.45, 7) is 2.33. The summed E-state index contributed by atoms with van der Waals surface area (Å²) in [5, 5.41) is 13.0. The largest absolute Gasteiger partial charge is 0.388 e. The van der Waals surface area contributed by atoms with Crippen LogP contribution in [0.4, 0.5) is 4.39 Å². The third kappa shape index (κ3) is 3.58. The molecular formula is C15H19BrFNO2. The van der Waals surface area contributed by atoms with E-state index in [9.17, 15) is 14.3 Å². The summed E-state index contributed by atoms with van der Waals surface area (Å²) in [5.41, 5.74) is -0.875. The average Bonchev–Trinajstić information content (AvgIpc) is 2.40. The fourth-order valence-electron chi connectivity index (χ4n) is 2.52. The summed E-state index contributed by atoms with van der Waals surface area (Å²) in [5.74, 6) is -0.449. The smallest absolute Gasteiger partial charge is 0.255 e. The van der Waals surface area contributed by atoms with Crippen molar-refractivity contribution in [2.24, 2.45) is 5.92 Å². The quantitative estimate of drug-likeness (QED) is 0.884. The Labute approximate surface area is 126 Å². The molecular weight excluding hydrogens is 325 g/mol. The van der Waals surface area contributed by atoms with E-state index in [1.54, 1.807) is 6.07 Å². The highest BCUT2D eigenvalue weighted by Crippen LogP contribution is 2.31. The maximum absolute atomic E-state index is 13.7. The minimum Gasteiger partial charge on any atom is -0.388 e. The number of benzene rings is 1. The number of aliphatic hydroxyl groups is 1. The number of rotatable bonds is 3. The highest BCUT2D eigenvalue weighted by molar-refractivity contribution is 9.10. The van der Waals surface area contributed by atoms with E-state index in [2.05, 4.69) is 28.2 Å². The first-order valence-corrected chi connectivity index (χ1v) is 7.65. The van der Waals surface area contributed by atoms with Crippen molar-refractivity contribution in [3.05, 3.63) is 34.1 Å². The van der Waals surface area contributed by atoms with Crippen molar-refractivity contribution < 1.29 is 14.3 Å². The van der Waals surface area contributed by atoms with Gasteiger partial charge >= 0.3 is 0 Å². The minimum absolute atomic E-state index is 0.0136. The Hall–Kier alpha value is -0.940. The molecule has 0 saturated heterocycles. The highest BCUT2D eigenvalue weighted by atomic mass is 79.9. The molecule has 1 amide bonds. The summed E-state index contributed by atoms with van der Waals surface area (Å²) < 4.78 is 14.1. The van der Waals surface area contributed by atoms with E-state index < -0.39 is 17.3 Å². The molecule has 0 radical (unpaired) electrons. The second-order valence-corrected chi connectivity index (χ2v) is 6.54. The molecule has 20 heavy (non-hydrogen) atoms. The fraction of sp³-hybridized carbons (Fsp3) is 0.533. The van der Waals surface area contributed by atoms with Crippen molar-refractivity contribution in [2.45, 2.75) is 38.2 Å². The van der Waals surface area contributed by atoms with Gasteiger partial charge in [0.15, 0.2) is 0 Å². The molecule has 2 N–H and O–H groups in total. The fourth-order valence-corrected chi connectivity index (χ4v) is 3.05. The van der Waals surface area contributed by atoms with Crippen LogP contribution >= 0.6 is 15.9 Å². The van der Waals surface area contributed by atoms with Gasteiger partial charge in [-0.2, -0.15) is 0 Å². The Morgan fingerprint density at radius 2 is 2.15 bits per heavy atom. The van der Waals surface area contributed by atoms with Gasteiger partial charge in [0.25, 0.3) is 5.91 Å². The van der Waals surface area contributed by atoms with E-state index >= 15 is 0 Å². The van der Waals surface area contributed by atoms with Gasteiger partial charge in [0.1, 0.15) is 5.82 Å². The van der Waals surface area contributed by atoms with Crippen LogP contribution < -0.4 is 5.32 Å². The molecule has 0 heterocycles. The van der Waals surface area contributed by atoms with Gasteiger partial charge in [-0.3, -0.25) is 4.79 Å². The van der Waals surface area contributed by atoms with Crippen LogP contribution in [0.1, 0.15) is 43.0 Å². The molecule has 1 aliphatic rings. The molecule has 1 saturated carbocycles. The first-order valence-electron chi connectivity index (χ1n) is 6.86. The zero-order valence-electron chi connectivity index (χ0n) is 11.5. The number of halogens is 2. The number of amides is 1. The summed E-state index contributed by atoms with van der Waals surface area (Å²) >= 11 is 3.17. The summed E-state index contributed by atoms with van der Waals surface area (Å²) in [4.78, 5) is 12.0. The molecule has 1 aliphatic carbocycles. The highest BCUT2D eigenvalue weighted by Gasteiger charge is 2.32. The van der Waals surface area contributed by atoms with Crippen LogP contribution in [0.15, 0.2) is 22.7 Å².